The number of hydrogen-bond donors (Lipinski definition) is 0. The second-order valence-corrected chi connectivity index (χ2v) is 8.66. The fraction of sp³-hybridized carbons (Fsp3) is 0.160. The van der Waals surface area contributed by atoms with Gasteiger partial charge in [0.25, 0.3) is 5.56 Å². The molecule has 2 atom stereocenters. The normalized spacial score (nSPS) is 12.8. The monoisotopic (exact) mass is 557 g/mol. The number of aldehydes is 1. The Balaban J connectivity index is 1.74. The Morgan fingerprint density at radius 2 is 1.85 bits per heavy atom. The van der Waals surface area contributed by atoms with Crippen molar-refractivity contribution in [3.05, 3.63) is 110 Å². The van der Waals surface area contributed by atoms with Gasteiger partial charge in [0, 0.05) is 18.0 Å². The number of carbonyl (C=O) groups excluding carboxylic acids is 1. The molecule has 0 amide bonds. The number of aromatic nitrogens is 3. The maximum absolute atomic E-state index is 13.4. The molecule has 0 bridgehead atoms. The van der Waals surface area contributed by atoms with Crippen LogP contribution in [0.5, 0.6) is 5.75 Å². The topological polar surface area (TPSA) is 66.1 Å². The molecule has 0 aliphatic rings. The van der Waals surface area contributed by atoms with Crippen molar-refractivity contribution in [2.75, 3.05) is 7.11 Å². The van der Waals surface area contributed by atoms with Crippen molar-refractivity contribution in [2.45, 2.75) is 18.9 Å². The Hall–Kier alpha value is -3.27. The van der Waals surface area contributed by atoms with E-state index in [1.165, 1.54) is 12.1 Å². The van der Waals surface area contributed by atoms with Crippen LogP contribution in [-0.2, 0) is 4.79 Å². The van der Waals surface area contributed by atoms with Crippen LogP contribution in [0.4, 0.5) is 4.39 Å². The summed E-state index contributed by atoms with van der Waals surface area (Å²) in [7, 11) is 1.56. The molecule has 0 aliphatic heterocycles. The molecular weight excluding hydrogens is 536 g/mol. The molecule has 4 rings (SSSR count). The van der Waals surface area contributed by atoms with Crippen LogP contribution >= 0.6 is 22.6 Å². The van der Waals surface area contributed by atoms with Crippen molar-refractivity contribution >= 4 is 28.9 Å². The second-order valence-electron chi connectivity index (χ2n) is 7.55. The predicted octanol–water partition coefficient (Wildman–Crippen LogP) is 4.73. The van der Waals surface area contributed by atoms with Gasteiger partial charge in [-0.15, -0.1) is 0 Å². The standard InChI is InChI=1S/C25H21FIN3O3/c1-16(17-5-8-19(26)9-6-17)30-11-3-4-20(25(30)32)21(14-31)18-7-10-22(23(12-18)33-2)29-13-24(27)28-15-29/h3-16,21H,1-2H3. The van der Waals surface area contributed by atoms with Crippen LogP contribution in [0, 0.1) is 9.52 Å². The number of imidazole rings is 1. The molecule has 0 spiro atoms. The average molecular weight is 557 g/mol. The van der Waals surface area contributed by atoms with Crippen molar-refractivity contribution in [2.24, 2.45) is 0 Å². The van der Waals surface area contributed by atoms with Crippen LogP contribution in [0.1, 0.15) is 35.6 Å². The molecule has 0 aliphatic carbocycles. The molecule has 0 saturated heterocycles. The van der Waals surface area contributed by atoms with Crippen molar-refractivity contribution in [1.82, 2.24) is 14.1 Å². The van der Waals surface area contributed by atoms with Crippen LogP contribution in [0.25, 0.3) is 5.69 Å². The molecule has 2 aromatic heterocycles. The van der Waals surface area contributed by atoms with Crippen molar-refractivity contribution in [3.8, 4) is 11.4 Å². The lowest BCUT2D eigenvalue weighted by atomic mass is 9.92. The lowest BCUT2D eigenvalue weighted by molar-refractivity contribution is -0.108. The lowest BCUT2D eigenvalue weighted by Crippen LogP contribution is -2.28. The van der Waals surface area contributed by atoms with Gasteiger partial charge in [-0.3, -0.25) is 4.79 Å². The number of pyridine rings is 1. The first-order chi connectivity index (χ1) is 15.9. The molecular formula is C25H21FIN3O3. The molecule has 0 radical (unpaired) electrons. The first-order valence-electron chi connectivity index (χ1n) is 10.2. The van der Waals surface area contributed by atoms with Gasteiger partial charge in [0.1, 0.15) is 27.9 Å². The molecule has 168 valence electrons. The second kappa shape index (κ2) is 9.70. The molecule has 6 nitrogen and oxygen atoms in total. The Labute approximate surface area is 203 Å². The molecule has 0 N–H and O–H groups in total. The Bertz CT molecular complexity index is 1350. The van der Waals surface area contributed by atoms with Crippen LogP contribution < -0.4 is 10.3 Å². The van der Waals surface area contributed by atoms with E-state index in [4.69, 9.17) is 4.74 Å². The summed E-state index contributed by atoms with van der Waals surface area (Å²) >= 11 is 2.12. The largest absolute Gasteiger partial charge is 0.495 e. The van der Waals surface area contributed by atoms with Crippen molar-refractivity contribution in [3.63, 3.8) is 0 Å². The maximum atomic E-state index is 13.4. The molecule has 0 saturated carbocycles. The Kier molecular flexibility index (Phi) is 6.73. The molecule has 8 heteroatoms. The molecule has 2 heterocycles. The summed E-state index contributed by atoms with van der Waals surface area (Å²) in [6.07, 6.45) is 5.98. The Morgan fingerprint density at radius 3 is 2.48 bits per heavy atom. The molecule has 2 aromatic carbocycles. The van der Waals surface area contributed by atoms with Gasteiger partial charge in [0.2, 0.25) is 0 Å². The van der Waals surface area contributed by atoms with Crippen LogP contribution in [0.2, 0.25) is 0 Å². The van der Waals surface area contributed by atoms with Gasteiger partial charge in [-0.2, -0.15) is 0 Å². The minimum absolute atomic E-state index is 0.279. The van der Waals surface area contributed by atoms with E-state index in [1.807, 2.05) is 29.8 Å². The molecule has 33 heavy (non-hydrogen) atoms. The van der Waals surface area contributed by atoms with E-state index in [0.717, 1.165) is 21.2 Å². The summed E-state index contributed by atoms with van der Waals surface area (Å²) in [5.74, 6) is -0.545. The first kappa shape index (κ1) is 22.9. The summed E-state index contributed by atoms with van der Waals surface area (Å²) in [5.41, 5.74) is 2.28. The van der Waals surface area contributed by atoms with Gasteiger partial charge in [0.05, 0.1) is 24.8 Å². The number of carbonyl (C=O) groups is 1. The summed E-state index contributed by atoms with van der Waals surface area (Å²) in [5, 5.41) is 0. The number of benzene rings is 2. The van der Waals surface area contributed by atoms with Gasteiger partial charge in [-0.25, -0.2) is 9.37 Å². The van der Waals surface area contributed by atoms with Gasteiger partial charge < -0.3 is 18.7 Å². The van der Waals surface area contributed by atoms with Crippen molar-refractivity contribution < 1.29 is 13.9 Å². The van der Waals surface area contributed by atoms with Crippen LogP contribution in [0.15, 0.2) is 78.1 Å². The number of ether oxygens (including phenoxy) is 1. The minimum atomic E-state index is -0.767. The van der Waals surface area contributed by atoms with E-state index in [1.54, 1.807) is 54.5 Å². The van der Waals surface area contributed by atoms with Crippen LogP contribution in [0.3, 0.4) is 0 Å². The number of methoxy groups -OCH3 is 1. The fourth-order valence-electron chi connectivity index (χ4n) is 3.83. The molecule has 4 aromatic rings. The third-order valence-corrected chi connectivity index (χ3v) is 6.19. The highest BCUT2D eigenvalue weighted by molar-refractivity contribution is 14.1. The maximum Gasteiger partial charge on any atom is 0.255 e. The fourth-order valence-corrected chi connectivity index (χ4v) is 4.26. The van der Waals surface area contributed by atoms with E-state index in [-0.39, 0.29) is 17.4 Å². The zero-order valence-electron chi connectivity index (χ0n) is 18.0. The summed E-state index contributed by atoms with van der Waals surface area (Å²) in [4.78, 5) is 29.7. The first-order valence-corrected chi connectivity index (χ1v) is 11.3. The number of hydrogen-bond acceptors (Lipinski definition) is 4. The zero-order valence-corrected chi connectivity index (χ0v) is 20.1. The lowest BCUT2D eigenvalue weighted by Gasteiger charge is -2.19. The highest BCUT2D eigenvalue weighted by atomic mass is 127. The Morgan fingerprint density at radius 1 is 1.12 bits per heavy atom. The van der Waals surface area contributed by atoms with E-state index >= 15 is 0 Å². The number of rotatable bonds is 7. The van der Waals surface area contributed by atoms with E-state index in [2.05, 4.69) is 27.6 Å². The van der Waals surface area contributed by atoms with E-state index < -0.39 is 5.92 Å². The summed E-state index contributed by atoms with van der Waals surface area (Å²) in [6.45, 7) is 1.86. The number of nitrogens with zero attached hydrogens (tertiary/aromatic N) is 3. The molecule has 0 fully saturated rings. The third kappa shape index (κ3) is 4.61. The highest BCUT2D eigenvalue weighted by Gasteiger charge is 2.21. The van der Waals surface area contributed by atoms with Gasteiger partial charge in [-0.1, -0.05) is 24.3 Å². The average Bonchev–Trinajstić information content (AvgIpc) is 3.26. The van der Waals surface area contributed by atoms with Gasteiger partial charge in [0.15, 0.2) is 0 Å². The minimum Gasteiger partial charge on any atom is -0.495 e. The van der Waals surface area contributed by atoms with E-state index in [0.29, 0.717) is 16.9 Å². The highest BCUT2D eigenvalue weighted by Crippen LogP contribution is 2.30. The van der Waals surface area contributed by atoms with Crippen molar-refractivity contribution in [1.29, 1.82) is 0 Å². The molecule has 2 unspecified atom stereocenters. The smallest absolute Gasteiger partial charge is 0.255 e. The van der Waals surface area contributed by atoms with Gasteiger partial charge in [-0.05, 0) is 71.0 Å². The number of halogens is 2. The quantitative estimate of drug-likeness (QED) is 0.244. The van der Waals surface area contributed by atoms with E-state index in [9.17, 15) is 14.0 Å². The van der Waals surface area contributed by atoms with Gasteiger partial charge >= 0.3 is 0 Å². The van der Waals surface area contributed by atoms with Crippen LogP contribution in [-0.4, -0.2) is 27.5 Å². The zero-order chi connectivity index (χ0) is 23.5. The SMILES string of the molecule is COc1cc(C(C=O)c2cccn(C(C)c3ccc(F)cc3)c2=O)ccc1-n1cnc(I)c1. The summed E-state index contributed by atoms with van der Waals surface area (Å²) < 4.78 is 23.1. The predicted molar refractivity (Wildman–Crippen MR) is 132 cm³/mol. The summed E-state index contributed by atoms with van der Waals surface area (Å²) in [6, 6.07) is 14.5. The third-order valence-electron chi connectivity index (χ3n) is 5.64.